The van der Waals surface area contributed by atoms with Gasteiger partial charge < -0.3 is 8.98 Å². The highest BCUT2D eigenvalue weighted by Gasteiger charge is 1.70. The van der Waals surface area contributed by atoms with Crippen molar-refractivity contribution in [3.05, 3.63) is 12.3 Å². The summed E-state index contributed by atoms with van der Waals surface area (Å²) in [5.74, 6) is 0. The van der Waals surface area contributed by atoms with Gasteiger partial charge in [0, 0.05) is 6.42 Å². The molecule has 0 fully saturated rings. The summed E-state index contributed by atoms with van der Waals surface area (Å²) in [5.41, 5.74) is 0. The fourth-order valence-corrected chi connectivity index (χ4v) is 0.325. The van der Waals surface area contributed by atoms with Crippen LogP contribution in [0.2, 0.25) is 0 Å². The molecule has 0 aliphatic carbocycles. The molecular formula is C4H6BO2S. The zero-order chi connectivity index (χ0) is 6.95. The molecule has 0 saturated carbocycles. The van der Waals surface area contributed by atoms with E-state index >= 15 is 0 Å². The van der Waals surface area contributed by atoms with Gasteiger partial charge in [-0.15, -0.1) is 0 Å². The Morgan fingerprint density at radius 1 is 2.00 bits per heavy atom. The molecule has 0 aromatic heterocycles. The van der Waals surface area contributed by atoms with Crippen molar-refractivity contribution in [3.63, 3.8) is 0 Å². The van der Waals surface area contributed by atoms with Crippen molar-refractivity contribution in [1.29, 1.82) is 1.34 Å². The molecule has 43 valence electrons. The molecule has 1 radical (unpaired) electrons. The van der Waals surface area contributed by atoms with E-state index in [9.17, 15) is 4.79 Å². The molecule has 0 N–H and O–H groups in total. The fourth-order valence-electron chi connectivity index (χ4n) is 0.182. The molecule has 0 atom stereocenters. The number of aldehydes is 1. The summed E-state index contributed by atoms with van der Waals surface area (Å²) in [7, 11) is 1.06. The lowest BCUT2D eigenvalue weighted by molar-refractivity contribution is -0.107. The second kappa shape index (κ2) is 6.62. The highest BCUT2D eigenvalue weighted by Crippen LogP contribution is 1.92. The lowest BCUT2D eigenvalue weighted by Crippen LogP contribution is -1.66. The van der Waals surface area contributed by atoms with E-state index < -0.39 is 0 Å². The first-order valence-electron chi connectivity index (χ1n) is 2.60. The lowest BCUT2D eigenvalue weighted by atomic mass is 10.5. The normalized spacial score (nSPS) is 10.8. The van der Waals surface area contributed by atoms with Gasteiger partial charge in [0.15, 0.2) is 0 Å². The Labute approximate surface area is 55.2 Å². The van der Waals surface area contributed by atoms with Gasteiger partial charge in [0.1, 0.15) is 6.29 Å². The van der Waals surface area contributed by atoms with Gasteiger partial charge in [-0.25, -0.2) is 0 Å². The van der Waals surface area contributed by atoms with Gasteiger partial charge in [-0.3, -0.25) is 0 Å². The van der Waals surface area contributed by atoms with E-state index in [0.717, 1.165) is 25.3 Å². The first-order chi connectivity index (χ1) is 4.41. The summed E-state index contributed by atoms with van der Waals surface area (Å²) in [6, 6.07) is 0. The van der Waals surface area contributed by atoms with Gasteiger partial charge in [0.25, 0.3) is 0 Å². The minimum absolute atomic E-state index is 0.360. The standard InChI is InChI=1S/C4H6BO2S/c5-8-7-4-2-1-3-6/h2-5H,1H2/i5T. The summed E-state index contributed by atoms with van der Waals surface area (Å²) in [5, 5.41) is 0. The van der Waals surface area contributed by atoms with Crippen LogP contribution in [0.15, 0.2) is 12.3 Å². The number of hydrogen-bond acceptors (Lipinski definition) is 3. The molecule has 0 spiro atoms. The third-order valence-electron chi connectivity index (χ3n) is 0.440. The lowest BCUT2D eigenvalue weighted by Gasteiger charge is -1.86. The number of carbonyl (C=O) groups excluding carboxylic acids is 1. The zero-order valence-electron chi connectivity index (χ0n) is 5.24. The average Bonchev–Trinajstić information content (AvgIpc) is 1.89. The maximum Gasteiger partial charge on any atom is 0.227 e. The van der Waals surface area contributed by atoms with Crippen LogP contribution in [-0.4, -0.2) is 14.7 Å². The number of carbonyl (C=O) groups is 1. The highest BCUT2D eigenvalue weighted by molar-refractivity contribution is 8.15. The summed E-state index contributed by atoms with van der Waals surface area (Å²) in [6.45, 7) is 0. The topological polar surface area (TPSA) is 26.3 Å². The van der Waals surface area contributed by atoms with Crippen molar-refractivity contribution >= 4 is 25.3 Å². The van der Waals surface area contributed by atoms with E-state index in [4.69, 9.17) is 1.34 Å². The SMILES string of the molecule is [3H][B]SOC=CCC=O. The van der Waals surface area contributed by atoms with Crippen molar-refractivity contribution in [2.45, 2.75) is 6.42 Å². The molecule has 0 rings (SSSR count). The van der Waals surface area contributed by atoms with E-state index in [1.807, 2.05) is 0 Å². The van der Waals surface area contributed by atoms with Crippen LogP contribution in [0.4, 0.5) is 0 Å². The number of rotatable bonds is 5. The molecule has 0 aromatic carbocycles. The van der Waals surface area contributed by atoms with Crippen LogP contribution >= 0.6 is 11.9 Å². The molecule has 0 aliphatic heterocycles. The largest absolute Gasteiger partial charge is 0.447 e. The number of hydrogen-bond donors (Lipinski definition) is 0. The Morgan fingerprint density at radius 3 is 3.50 bits per heavy atom. The van der Waals surface area contributed by atoms with Crippen LogP contribution in [0.25, 0.3) is 0 Å². The Balaban J connectivity index is 2.94. The van der Waals surface area contributed by atoms with Crippen LogP contribution in [-0.2, 0) is 8.98 Å². The quantitative estimate of drug-likeness (QED) is 0.179. The maximum atomic E-state index is 9.68. The van der Waals surface area contributed by atoms with E-state index in [-0.39, 0.29) is 0 Å². The molecule has 2 nitrogen and oxygen atoms in total. The molecule has 0 amide bonds. The van der Waals surface area contributed by atoms with Crippen LogP contribution in [0.3, 0.4) is 0 Å². The van der Waals surface area contributed by atoms with Crippen LogP contribution in [0.1, 0.15) is 6.42 Å². The Hall–Kier alpha value is -0.375. The summed E-state index contributed by atoms with van der Waals surface area (Å²) >= 11 is 0.897. The smallest absolute Gasteiger partial charge is 0.227 e. The van der Waals surface area contributed by atoms with E-state index in [0.29, 0.717) is 6.42 Å². The summed E-state index contributed by atoms with van der Waals surface area (Å²) < 4.78 is 11.1. The Kier molecular flexibility index (Phi) is 4.77. The predicted octanol–water partition coefficient (Wildman–Crippen LogP) is 0.570. The third kappa shape index (κ3) is 5.62. The highest BCUT2D eigenvalue weighted by atomic mass is 32.2. The number of allylic oxidation sites excluding steroid dienone is 1. The molecule has 0 aromatic rings. The van der Waals surface area contributed by atoms with E-state index in [1.165, 1.54) is 6.26 Å². The van der Waals surface area contributed by atoms with E-state index in [1.54, 1.807) is 6.08 Å². The van der Waals surface area contributed by atoms with E-state index in [2.05, 4.69) is 4.18 Å². The molecular weight excluding hydrogens is 123 g/mol. The molecule has 8 heavy (non-hydrogen) atoms. The van der Waals surface area contributed by atoms with Crippen LogP contribution in [0, 0.1) is 0 Å². The second-order valence-corrected chi connectivity index (χ2v) is 1.35. The molecule has 0 unspecified atom stereocenters. The minimum atomic E-state index is 0.360. The Bertz CT molecular complexity index is 98.6. The molecule has 0 heterocycles. The maximum absolute atomic E-state index is 9.68. The fraction of sp³-hybridized carbons (Fsp3) is 0.250. The van der Waals surface area contributed by atoms with Gasteiger partial charge in [-0.1, -0.05) is 0 Å². The zero-order valence-corrected chi connectivity index (χ0v) is 5.06. The first-order valence-corrected chi connectivity index (χ1v) is 2.83. The van der Waals surface area contributed by atoms with Gasteiger partial charge >= 0.3 is 0 Å². The molecule has 0 bridgehead atoms. The van der Waals surface area contributed by atoms with Crippen molar-refractivity contribution in [2.24, 2.45) is 0 Å². The summed E-state index contributed by atoms with van der Waals surface area (Å²) in [4.78, 5) is 9.68. The third-order valence-corrected chi connectivity index (χ3v) is 0.662. The van der Waals surface area contributed by atoms with Crippen LogP contribution < -0.4 is 0 Å². The van der Waals surface area contributed by atoms with Crippen molar-refractivity contribution in [1.82, 2.24) is 0 Å². The average molecular weight is 131 g/mol. The monoisotopic (exact) mass is 131 g/mol. The van der Waals surface area contributed by atoms with Crippen LogP contribution in [0.5, 0.6) is 0 Å². The molecule has 0 aliphatic rings. The predicted molar refractivity (Wildman–Crippen MR) is 35.6 cm³/mol. The van der Waals surface area contributed by atoms with Gasteiger partial charge in [-0.05, 0) is 19.3 Å². The second-order valence-electron chi connectivity index (χ2n) is 0.967. The van der Waals surface area contributed by atoms with Gasteiger partial charge in [-0.2, -0.15) is 0 Å². The minimum Gasteiger partial charge on any atom is -0.447 e. The van der Waals surface area contributed by atoms with Crippen molar-refractivity contribution < 1.29 is 8.98 Å². The molecule has 4 heteroatoms. The van der Waals surface area contributed by atoms with Gasteiger partial charge in [0.2, 0.25) is 7.09 Å². The summed E-state index contributed by atoms with van der Waals surface area (Å²) in [6.07, 6.45) is 4.08. The van der Waals surface area contributed by atoms with Crippen molar-refractivity contribution in [2.75, 3.05) is 0 Å². The van der Waals surface area contributed by atoms with Gasteiger partial charge in [0.05, 0.1) is 6.26 Å². The Morgan fingerprint density at radius 2 is 2.88 bits per heavy atom. The van der Waals surface area contributed by atoms with Crippen molar-refractivity contribution in [3.8, 4) is 0 Å². The molecule has 0 saturated heterocycles. The first kappa shape index (κ1) is 5.76.